The van der Waals surface area contributed by atoms with E-state index in [4.69, 9.17) is 5.11 Å². The SMILES string of the molecule is O=C(O)c1ccc2c(c1)CCCN2I. The zero-order valence-corrected chi connectivity index (χ0v) is 9.69. The van der Waals surface area contributed by atoms with E-state index in [0.29, 0.717) is 5.56 Å². The minimum absolute atomic E-state index is 0.385. The Bertz CT molecular complexity index is 378. The Morgan fingerprint density at radius 3 is 3.00 bits per heavy atom. The molecule has 2 rings (SSSR count). The third-order valence-electron chi connectivity index (χ3n) is 2.39. The standard InChI is InChI=1S/C10H10INO2/c11-12-5-1-2-7-6-8(10(13)14)3-4-9(7)12/h3-4,6H,1-2,5H2,(H,13,14). The third-order valence-corrected chi connectivity index (χ3v) is 3.39. The van der Waals surface area contributed by atoms with Gasteiger partial charge in [0.2, 0.25) is 0 Å². The number of aryl methyl sites for hydroxylation is 1. The van der Waals surface area contributed by atoms with Crippen LogP contribution in [0.3, 0.4) is 0 Å². The monoisotopic (exact) mass is 303 g/mol. The number of fused-ring (bicyclic) bond motifs is 1. The minimum atomic E-state index is -0.849. The van der Waals surface area contributed by atoms with E-state index in [-0.39, 0.29) is 0 Å². The van der Waals surface area contributed by atoms with Gasteiger partial charge in [0, 0.05) is 12.2 Å². The molecule has 0 bridgehead atoms. The van der Waals surface area contributed by atoms with Crippen LogP contribution in [0, 0.1) is 0 Å². The molecule has 0 saturated heterocycles. The quantitative estimate of drug-likeness (QED) is 0.640. The maximum Gasteiger partial charge on any atom is 0.335 e. The second-order valence-corrected chi connectivity index (χ2v) is 4.50. The van der Waals surface area contributed by atoms with E-state index >= 15 is 0 Å². The van der Waals surface area contributed by atoms with Gasteiger partial charge in [0.25, 0.3) is 0 Å². The zero-order chi connectivity index (χ0) is 10.1. The highest BCUT2D eigenvalue weighted by molar-refractivity contribution is 14.1. The Morgan fingerprint density at radius 2 is 2.29 bits per heavy atom. The second kappa shape index (κ2) is 3.76. The minimum Gasteiger partial charge on any atom is -0.478 e. The highest BCUT2D eigenvalue weighted by atomic mass is 127. The summed E-state index contributed by atoms with van der Waals surface area (Å²) in [5, 5.41) is 8.84. The van der Waals surface area contributed by atoms with Crippen LogP contribution in [-0.2, 0) is 6.42 Å². The van der Waals surface area contributed by atoms with Gasteiger partial charge in [0.1, 0.15) is 0 Å². The number of carboxylic acids is 1. The van der Waals surface area contributed by atoms with Gasteiger partial charge < -0.3 is 8.22 Å². The molecule has 1 aliphatic rings. The number of carboxylic acid groups (broad SMARTS) is 1. The van der Waals surface area contributed by atoms with Crippen LogP contribution in [0.5, 0.6) is 0 Å². The molecule has 1 N–H and O–H groups in total. The van der Waals surface area contributed by atoms with Crippen molar-refractivity contribution >= 4 is 34.5 Å². The van der Waals surface area contributed by atoms with E-state index in [9.17, 15) is 4.79 Å². The number of hydrogen-bond acceptors (Lipinski definition) is 2. The lowest BCUT2D eigenvalue weighted by Gasteiger charge is -2.25. The van der Waals surface area contributed by atoms with Gasteiger partial charge in [0.15, 0.2) is 0 Å². The van der Waals surface area contributed by atoms with Crippen molar-refractivity contribution in [3.05, 3.63) is 29.3 Å². The van der Waals surface area contributed by atoms with Crippen molar-refractivity contribution < 1.29 is 9.90 Å². The lowest BCUT2D eigenvalue weighted by atomic mass is 10.0. The molecule has 0 radical (unpaired) electrons. The Labute approximate surface area is 96.2 Å². The van der Waals surface area contributed by atoms with Gasteiger partial charge in [0.05, 0.1) is 28.4 Å². The molecule has 0 unspecified atom stereocenters. The number of hydrogen-bond donors (Lipinski definition) is 1. The van der Waals surface area contributed by atoms with Crippen LogP contribution in [-0.4, -0.2) is 17.6 Å². The molecule has 0 spiro atoms. The summed E-state index contributed by atoms with van der Waals surface area (Å²) >= 11 is 2.26. The molecule has 3 nitrogen and oxygen atoms in total. The molecule has 0 aromatic heterocycles. The van der Waals surface area contributed by atoms with Crippen LogP contribution in [0.15, 0.2) is 18.2 Å². The fourth-order valence-corrected chi connectivity index (χ4v) is 2.50. The molecule has 1 aromatic rings. The van der Waals surface area contributed by atoms with Crippen molar-refractivity contribution in [2.45, 2.75) is 12.8 Å². The van der Waals surface area contributed by atoms with Crippen LogP contribution in [0.2, 0.25) is 0 Å². The van der Waals surface area contributed by atoms with Crippen molar-refractivity contribution in [2.75, 3.05) is 9.66 Å². The predicted octanol–water partition coefficient (Wildman–Crippen LogP) is 2.49. The first-order valence-electron chi connectivity index (χ1n) is 4.48. The predicted molar refractivity (Wildman–Crippen MR) is 63.1 cm³/mol. The third kappa shape index (κ3) is 1.70. The van der Waals surface area contributed by atoms with Gasteiger partial charge in [-0.25, -0.2) is 4.79 Å². The molecule has 0 amide bonds. The largest absolute Gasteiger partial charge is 0.478 e. The summed E-state index contributed by atoms with van der Waals surface area (Å²) in [5.41, 5.74) is 2.68. The van der Waals surface area contributed by atoms with Gasteiger partial charge >= 0.3 is 5.97 Å². The number of carbonyl (C=O) groups is 1. The molecular formula is C10H10INO2. The topological polar surface area (TPSA) is 40.5 Å². The molecule has 0 aliphatic carbocycles. The zero-order valence-electron chi connectivity index (χ0n) is 7.53. The van der Waals surface area contributed by atoms with Crippen LogP contribution >= 0.6 is 22.9 Å². The first-order valence-corrected chi connectivity index (χ1v) is 5.44. The Kier molecular flexibility index (Phi) is 2.62. The van der Waals surface area contributed by atoms with Crippen molar-refractivity contribution in [2.24, 2.45) is 0 Å². The average molecular weight is 303 g/mol. The van der Waals surface area contributed by atoms with E-state index in [2.05, 4.69) is 26.0 Å². The van der Waals surface area contributed by atoms with Crippen molar-refractivity contribution in [3.8, 4) is 0 Å². The average Bonchev–Trinajstić information content (AvgIpc) is 2.17. The summed E-state index contributed by atoms with van der Waals surface area (Å²) in [5.74, 6) is -0.849. The van der Waals surface area contributed by atoms with Gasteiger partial charge in [-0.05, 0) is 36.6 Å². The number of aromatic carboxylic acids is 1. The molecule has 1 aromatic carbocycles. The van der Waals surface area contributed by atoms with Crippen molar-refractivity contribution in [1.29, 1.82) is 0 Å². The normalized spacial score (nSPS) is 15.1. The molecule has 4 heteroatoms. The van der Waals surface area contributed by atoms with Gasteiger partial charge in [-0.2, -0.15) is 0 Å². The number of halogens is 1. The maximum atomic E-state index is 10.8. The first kappa shape index (κ1) is 9.76. The van der Waals surface area contributed by atoms with Crippen LogP contribution in [0.4, 0.5) is 5.69 Å². The van der Waals surface area contributed by atoms with E-state index in [0.717, 1.165) is 30.6 Å². The molecule has 1 heterocycles. The fraction of sp³-hybridized carbons (Fsp3) is 0.300. The lowest BCUT2D eigenvalue weighted by molar-refractivity contribution is 0.0697. The van der Waals surface area contributed by atoms with Gasteiger partial charge in [-0.15, -0.1) is 0 Å². The first-order chi connectivity index (χ1) is 6.68. The summed E-state index contributed by atoms with van der Waals surface area (Å²) in [6.45, 7) is 1.04. The van der Waals surface area contributed by atoms with Crippen LogP contribution in [0.25, 0.3) is 0 Å². The molecule has 0 saturated carbocycles. The Balaban J connectivity index is 2.44. The Hall–Kier alpha value is -0.780. The highest BCUT2D eigenvalue weighted by Crippen LogP contribution is 2.30. The maximum absolute atomic E-state index is 10.8. The Morgan fingerprint density at radius 1 is 1.50 bits per heavy atom. The van der Waals surface area contributed by atoms with Crippen molar-refractivity contribution in [3.63, 3.8) is 0 Å². The number of nitrogens with zero attached hydrogens (tertiary/aromatic N) is 1. The van der Waals surface area contributed by atoms with Gasteiger partial charge in [-0.1, -0.05) is 0 Å². The smallest absolute Gasteiger partial charge is 0.335 e. The molecule has 0 atom stereocenters. The molecule has 1 aliphatic heterocycles. The summed E-state index contributed by atoms with van der Waals surface area (Å²) in [7, 11) is 0. The van der Waals surface area contributed by atoms with Crippen LogP contribution < -0.4 is 3.11 Å². The summed E-state index contributed by atoms with van der Waals surface area (Å²) in [6.07, 6.45) is 2.08. The van der Waals surface area contributed by atoms with Crippen molar-refractivity contribution in [1.82, 2.24) is 0 Å². The fourth-order valence-electron chi connectivity index (χ4n) is 1.68. The molecule has 74 valence electrons. The number of rotatable bonds is 1. The molecule has 0 fully saturated rings. The summed E-state index contributed by atoms with van der Waals surface area (Å²) < 4.78 is 2.14. The van der Waals surface area contributed by atoms with Gasteiger partial charge in [-0.3, -0.25) is 0 Å². The summed E-state index contributed by atoms with van der Waals surface area (Å²) in [6, 6.07) is 5.34. The second-order valence-electron chi connectivity index (χ2n) is 3.34. The lowest BCUT2D eigenvalue weighted by Crippen LogP contribution is -2.19. The molecular weight excluding hydrogens is 293 g/mol. The number of anilines is 1. The van der Waals surface area contributed by atoms with E-state index < -0.39 is 5.97 Å². The van der Waals surface area contributed by atoms with Crippen LogP contribution in [0.1, 0.15) is 22.3 Å². The summed E-state index contributed by atoms with van der Waals surface area (Å²) in [4.78, 5) is 10.8. The van der Waals surface area contributed by atoms with E-state index in [1.807, 2.05) is 6.07 Å². The van der Waals surface area contributed by atoms with E-state index in [1.165, 1.54) is 0 Å². The highest BCUT2D eigenvalue weighted by Gasteiger charge is 2.16. The van der Waals surface area contributed by atoms with E-state index in [1.54, 1.807) is 12.1 Å². The number of benzene rings is 1. The molecule has 14 heavy (non-hydrogen) atoms.